The second-order valence-corrected chi connectivity index (χ2v) is 8.53. The van der Waals surface area contributed by atoms with Gasteiger partial charge in [0.1, 0.15) is 0 Å². The summed E-state index contributed by atoms with van der Waals surface area (Å²) < 4.78 is 0. The molecule has 0 radical (unpaired) electrons. The summed E-state index contributed by atoms with van der Waals surface area (Å²) >= 11 is 0. The summed E-state index contributed by atoms with van der Waals surface area (Å²) in [6.45, 7) is 11.5. The van der Waals surface area contributed by atoms with Crippen LogP contribution >= 0.6 is 0 Å². The molecule has 138 valence electrons. The molecule has 3 aliphatic rings. The van der Waals surface area contributed by atoms with Gasteiger partial charge in [-0.2, -0.15) is 0 Å². The topological polar surface area (TPSA) is 26.8 Å². The van der Waals surface area contributed by atoms with Gasteiger partial charge in [-0.05, 0) is 58.5 Å². The monoisotopic (exact) mass is 335 g/mol. The fourth-order valence-corrected chi connectivity index (χ4v) is 4.94. The second-order valence-electron chi connectivity index (χ2n) is 8.53. The third-order valence-electron chi connectivity index (χ3n) is 6.40. The van der Waals surface area contributed by atoms with Gasteiger partial charge in [-0.1, -0.05) is 19.3 Å². The first-order valence-electron chi connectivity index (χ1n) is 10.4. The average molecular weight is 336 g/mol. The Morgan fingerprint density at radius 3 is 2.50 bits per heavy atom. The summed E-state index contributed by atoms with van der Waals surface area (Å²) in [5.74, 6) is 1.03. The average Bonchev–Trinajstić information content (AvgIpc) is 2.83. The van der Waals surface area contributed by atoms with Gasteiger partial charge < -0.3 is 9.80 Å². The molecule has 4 heteroatoms. The lowest BCUT2D eigenvalue weighted by Crippen LogP contribution is -2.47. The van der Waals surface area contributed by atoms with Gasteiger partial charge in [0, 0.05) is 44.7 Å². The zero-order chi connectivity index (χ0) is 16.9. The maximum atomic E-state index is 12.1. The van der Waals surface area contributed by atoms with Crippen molar-refractivity contribution in [1.82, 2.24) is 14.7 Å². The minimum absolute atomic E-state index is 0.353. The van der Waals surface area contributed by atoms with E-state index in [4.69, 9.17) is 0 Å². The van der Waals surface area contributed by atoms with E-state index in [1.54, 1.807) is 0 Å². The lowest BCUT2D eigenvalue weighted by atomic mass is 9.94. The summed E-state index contributed by atoms with van der Waals surface area (Å²) in [7, 11) is 0. The molecule has 0 aromatic rings. The summed E-state index contributed by atoms with van der Waals surface area (Å²) in [6, 6.07) is 1.22. The van der Waals surface area contributed by atoms with Crippen molar-refractivity contribution in [2.24, 2.45) is 5.92 Å². The summed E-state index contributed by atoms with van der Waals surface area (Å²) in [4.78, 5) is 19.6. The fourth-order valence-electron chi connectivity index (χ4n) is 4.94. The Morgan fingerprint density at radius 2 is 1.75 bits per heavy atom. The summed E-state index contributed by atoms with van der Waals surface area (Å²) in [5.41, 5.74) is 0. The van der Waals surface area contributed by atoms with Gasteiger partial charge in [-0.25, -0.2) is 0 Å². The van der Waals surface area contributed by atoms with Crippen molar-refractivity contribution >= 4 is 5.91 Å². The van der Waals surface area contributed by atoms with Crippen LogP contribution in [0.5, 0.6) is 0 Å². The zero-order valence-electron chi connectivity index (χ0n) is 15.9. The molecule has 1 unspecified atom stereocenters. The zero-order valence-corrected chi connectivity index (χ0v) is 15.9. The lowest BCUT2D eigenvalue weighted by molar-refractivity contribution is -0.136. The molecule has 4 nitrogen and oxygen atoms in total. The largest absolute Gasteiger partial charge is 0.340 e. The number of piperidine rings is 1. The van der Waals surface area contributed by atoms with E-state index in [0.29, 0.717) is 17.9 Å². The van der Waals surface area contributed by atoms with Crippen molar-refractivity contribution < 1.29 is 4.79 Å². The standard InChI is InChI=1S/C20H37N3O/c1-17(2)23-16-18(9-10-20(23)24)15-21-11-6-12-22(14-13-21)19-7-4-3-5-8-19/h17-19H,3-16H2,1-2H3. The van der Waals surface area contributed by atoms with Crippen molar-refractivity contribution in [3.05, 3.63) is 0 Å². The highest BCUT2D eigenvalue weighted by Crippen LogP contribution is 2.25. The number of hydrogen-bond donors (Lipinski definition) is 0. The quantitative estimate of drug-likeness (QED) is 0.790. The maximum Gasteiger partial charge on any atom is 0.222 e. The van der Waals surface area contributed by atoms with Gasteiger partial charge in [-0.15, -0.1) is 0 Å². The molecule has 0 N–H and O–H groups in total. The van der Waals surface area contributed by atoms with Crippen LogP contribution < -0.4 is 0 Å². The highest BCUT2D eigenvalue weighted by atomic mass is 16.2. The van der Waals surface area contributed by atoms with Crippen LogP contribution in [0.25, 0.3) is 0 Å². The van der Waals surface area contributed by atoms with Crippen molar-refractivity contribution in [3.8, 4) is 0 Å². The number of nitrogens with zero attached hydrogens (tertiary/aromatic N) is 3. The molecule has 2 heterocycles. The number of carbonyl (C=O) groups is 1. The van der Waals surface area contributed by atoms with Gasteiger partial charge in [-0.3, -0.25) is 9.69 Å². The number of hydrogen-bond acceptors (Lipinski definition) is 3. The predicted molar refractivity (Wildman–Crippen MR) is 99.1 cm³/mol. The maximum absolute atomic E-state index is 12.1. The third kappa shape index (κ3) is 4.72. The SMILES string of the molecule is CC(C)N1CC(CN2CCCN(C3CCCCC3)CC2)CCC1=O. The predicted octanol–water partition coefficient (Wildman–Crippen LogP) is 2.97. The molecule has 24 heavy (non-hydrogen) atoms. The highest BCUT2D eigenvalue weighted by Gasteiger charge is 2.29. The molecule has 0 aromatic heterocycles. The molecule has 1 saturated carbocycles. The number of rotatable bonds is 4. The van der Waals surface area contributed by atoms with Crippen molar-refractivity contribution in [3.63, 3.8) is 0 Å². The van der Waals surface area contributed by atoms with Crippen molar-refractivity contribution in [1.29, 1.82) is 0 Å². The van der Waals surface area contributed by atoms with Crippen LogP contribution in [0.4, 0.5) is 0 Å². The molecule has 3 fully saturated rings. The van der Waals surface area contributed by atoms with Crippen molar-refractivity contribution in [2.45, 2.75) is 77.3 Å². The number of likely N-dealkylation sites (tertiary alicyclic amines) is 1. The molecular weight excluding hydrogens is 298 g/mol. The van der Waals surface area contributed by atoms with E-state index in [1.807, 2.05) is 0 Å². The molecule has 1 aliphatic carbocycles. The van der Waals surface area contributed by atoms with E-state index >= 15 is 0 Å². The van der Waals surface area contributed by atoms with Crippen molar-refractivity contribution in [2.75, 3.05) is 39.3 Å². The summed E-state index contributed by atoms with van der Waals surface area (Å²) in [6.07, 6.45) is 10.3. The minimum atomic E-state index is 0.353. The van der Waals surface area contributed by atoms with Crippen LogP contribution in [0.2, 0.25) is 0 Å². The van der Waals surface area contributed by atoms with E-state index in [2.05, 4.69) is 28.5 Å². The van der Waals surface area contributed by atoms with Gasteiger partial charge >= 0.3 is 0 Å². The van der Waals surface area contributed by atoms with Gasteiger partial charge in [0.05, 0.1) is 0 Å². The highest BCUT2D eigenvalue weighted by molar-refractivity contribution is 5.77. The Kier molecular flexibility index (Phi) is 6.56. The Hall–Kier alpha value is -0.610. The van der Waals surface area contributed by atoms with Crippen LogP contribution in [0.3, 0.4) is 0 Å². The molecule has 2 aliphatic heterocycles. The third-order valence-corrected chi connectivity index (χ3v) is 6.40. The van der Waals surface area contributed by atoms with E-state index in [0.717, 1.165) is 25.4 Å². The number of amides is 1. The Morgan fingerprint density at radius 1 is 0.958 bits per heavy atom. The van der Waals surface area contributed by atoms with Gasteiger partial charge in [0.15, 0.2) is 0 Å². The van der Waals surface area contributed by atoms with Gasteiger partial charge in [0.2, 0.25) is 5.91 Å². The van der Waals surface area contributed by atoms with Crippen LogP contribution in [0.1, 0.15) is 65.2 Å². The first-order chi connectivity index (χ1) is 11.6. The summed E-state index contributed by atoms with van der Waals surface area (Å²) in [5, 5.41) is 0. The second kappa shape index (κ2) is 8.66. The van der Waals surface area contributed by atoms with E-state index < -0.39 is 0 Å². The first-order valence-corrected chi connectivity index (χ1v) is 10.4. The van der Waals surface area contributed by atoms with E-state index in [9.17, 15) is 4.79 Å². The number of carbonyl (C=O) groups excluding carboxylic acids is 1. The molecule has 1 atom stereocenters. The van der Waals surface area contributed by atoms with Crippen LogP contribution in [0, 0.1) is 5.92 Å². The Bertz CT molecular complexity index is 406. The fraction of sp³-hybridized carbons (Fsp3) is 0.950. The first kappa shape index (κ1) is 18.2. The lowest BCUT2D eigenvalue weighted by Gasteiger charge is -2.37. The molecule has 0 aromatic carbocycles. The van der Waals surface area contributed by atoms with Crippen LogP contribution in [-0.2, 0) is 4.79 Å². The Balaban J connectivity index is 1.47. The van der Waals surface area contributed by atoms with Crippen LogP contribution in [-0.4, -0.2) is 72.0 Å². The van der Waals surface area contributed by atoms with Gasteiger partial charge in [0.25, 0.3) is 0 Å². The van der Waals surface area contributed by atoms with Crippen LogP contribution in [0.15, 0.2) is 0 Å². The molecule has 0 spiro atoms. The molecular formula is C20H37N3O. The smallest absolute Gasteiger partial charge is 0.222 e. The molecule has 2 saturated heterocycles. The minimum Gasteiger partial charge on any atom is -0.340 e. The normalized spacial score (nSPS) is 29.2. The van der Waals surface area contributed by atoms with E-state index in [-0.39, 0.29) is 0 Å². The molecule has 1 amide bonds. The molecule has 0 bridgehead atoms. The van der Waals surface area contributed by atoms with E-state index in [1.165, 1.54) is 71.2 Å². The Labute approximate surface area is 148 Å². The molecule has 3 rings (SSSR count).